The molecule has 0 amide bonds. The normalized spacial score (nSPS) is 7.73. The second-order valence-electron chi connectivity index (χ2n) is 0.816. The molecule has 0 unspecified atom stereocenters. The Morgan fingerprint density at radius 1 is 0.667 bits per heavy atom. The Kier molecular flexibility index (Phi) is 53.7. The number of rotatable bonds is 0. The number of hydrogen-bond donors (Lipinski definition) is 0. The van der Waals surface area contributed by atoms with Crippen LogP contribution in [0.15, 0.2) is 0 Å². The van der Waals surface area contributed by atoms with E-state index < -0.39 is 20.8 Å². The van der Waals surface area contributed by atoms with Crippen molar-refractivity contribution in [2.45, 2.75) is 0 Å². The minimum atomic E-state index is -5.17. The van der Waals surface area contributed by atoms with Gasteiger partial charge in [0.25, 0.3) is 0 Å². The molecule has 0 spiro atoms. The summed E-state index contributed by atoms with van der Waals surface area (Å²) in [6.45, 7) is 0. The van der Waals surface area contributed by atoms with Crippen LogP contribution in [0.5, 0.6) is 0 Å². The zero-order valence-electron chi connectivity index (χ0n) is 6.55. The standard InChI is InChI=1S/2ClH.Cu.Mg.2H2O4S.Zn/c;;;;2*1-5(2,3)4;/h2*1H;;;2*(H2,1,2,3,4);/q;;2*+2;;;+2/p-6. The van der Waals surface area contributed by atoms with Crippen LogP contribution in [0.25, 0.3) is 0 Å². The van der Waals surface area contributed by atoms with Crippen LogP contribution < -0.4 is 24.8 Å². The van der Waals surface area contributed by atoms with Crippen LogP contribution in [-0.2, 0) is 57.3 Å². The summed E-state index contributed by atoms with van der Waals surface area (Å²) in [6.07, 6.45) is 0. The SMILES string of the molecule is O=S(=O)([O-])[O-].O=S(=O)([O-])[O-].[Cl-].[Cl-].[Cu+2].[Mg+2].[Zn+2]. The minimum Gasteiger partial charge on any atom is -1.00 e. The molecule has 0 rings (SSSR count). The van der Waals surface area contributed by atoms with Crippen LogP contribution >= 0.6 is 0 Å². The van der Waals surface area contributed by atoms with Gasteiger partial charge in [-0.2, -0.15) is 0 Å². The molecule has 1 radical (unpaired) electrons. The van der Waals surface area contributed by atoms with Crippen LogP contribution in [-0.4, -0.2) is 58.1 Å². The van der Waals surface area contributed by atoms with E-state index in [0.717, 1.165) is 0 Å². The van der Waals surface area contributed by atoms with Crippen molar-refractivity contribution in [1.29, 1.82) is 0 Å². The van der Waals surface area contributed by atoms with Crippen molar-refractivity contribution >= 4 is 43.9 Å². The van der Waals surface area contributed by atoms with E-state index in [1.54, 1.807) is 0 Å². The van der Waals surface area contributed by atoms with Crippen LogP contribution in [0, 0.1) is 0 Å². The van der Waals surface area contributed by atoms with E-state index in [-0.39, 0.29) is 84.4 Å². The van der Waals surface area contributed by atoms with Crippen LogP contribution in [0.3, 0.4) is 0 Å². The molecule has 0 fully saturated rings. The average molecular weight is 416 g/mol. The average Bonchev–Trinajstić information content (AvgIpc) is 1.12. The summed E-state index contributed by atoms with van der Waals surface area (Å²) in [5.74, 6) is 0. The van der Waals surface area contributed by atoms with Gasteiger partial charge in [0.2, 0.25) is 0 Å². The van der Waals surface area contributed by atoms with Gasteiger partial charge in [-0.05, 0) is 0 Å². The number of halogens is 2. The number of hydrogen-bond acceptors (Lipinski definition) is 8. The minimum absolute atomic E-state index is 0. The Morgan fingerprint density at radius 2 is 0.667 bits per heavy atom. The van der Waals surface area contributed by atoms with Gasteiger partial charge in [0.05, 0.1) is 0 Å². The van der Waals surface area contributed by atoms with Gasteiger partial charge in [0.1, 0.15) is 0 Å². The van der Waals surface area contributed by atoms with Gasteiger partial charge in [-0.1, -0.05) is 0 Å². The molecule has 0 N–H and O–H groups in total. The van der Waals surface area contributed by atoms with Crippen molar-refractivity contribution in [1.82, 2.24) is 0 Å². The fourth-order valence-electron chi connectivity index (χ4n) is 0. The Balaban J connectivity index is -0.0000000128. The summed E-state index contributed by atoms with van der Waals surface area (Å²) in [6, 6.07) is 0. The Bertz CT molecular complexity index is 227. The Morgan fingerprint density at radius 3 is 0.667 bits per heavy atom. The topological polar surface area (TPSA) is 161 Å². The van der Waals surface area contributed by atoms with Crippen LogP contribution in [0.2, 0.25) is 0 Å². The van der Waals surface area contributed by atoms with E-state index in [1.807, 2.05) is 0 Å². The molecule has 0 aliphatic rings. The van der Waals surface area contributed by atoms with E-state index >= 15 is 0 Å². The fraction of sp³-hybridized carbons (Fsp3) is 0. The van der Waals surface area contributed by atoms with Crippen molar-refractivity contribution in [3.63, 3.8) is 0 Å². The van der Waals surface area contributed by atoms with Crippen LogP contribution in [0.1, 0.15) is 0 Å². The van der Waals surface area contributed by atoms with Crippen LogP contribution in [0.4, 0.5) is 0 Å². The van der Waals surface area contributed by atoms with Gasteiger partial charge in [-0.25, -0.2) is 0 Å². The van der Waals surface area contributed by atoms with E-state index in [9.17, 15) is 0 Å². The molecule has 0 bridgehead atoms. The second kappa shape index (κ2) is 18.6. The zero-order valence-corrected chi connectivity index (χ0v) is 15.0. The third-order valence-corrected chi connectivity index (χ3v) is 0. The van der Waals surface area contributed by atoms with Crippen molar-refractivity contribution in [2.75, 3.05) is 0 Å². The first-order valence-electron chi connectivity index (χ1n) is 1.33. The maximum absolute atomic E-state index is 8.52. The monoisotopic (exact) mass is 413 g/mol. The molecule has 89 valence electrons. The third-order valence-electron chi connectivity index (χ3n) is 0. The molecule has 0 saturated heterocycles. The van der Waals surface area contributed by atoms with Gasteiger partial charge in [-0.3, -0.25) is 16.8 Å². The van der Waals surface area contributed by atoms with E-state index in [0.29, 0.717) is 0 Å². The Hall–Kier alpha value is 2.23. The summed E-state index contributed by atoms with van der Waals surface area (Å²) >= 11 is 0. The van der Waals surface area contributed by atoms with E-state index in [1.165, 1.54) is 0 Å². The first kappa shape index (κ1) is 43.4. The summed E-state index contributed by atoms with van der Waals surface area (Å²) < 4.78 is 68.2. The molecule has 8 nitrogen and oxygen atoms in total. The molecule has 15 heteroatoms. The Labute approximate surface area is 139 Å². The summed E-state index contributed by atoms with van der Waals surface area (Å²) in [5, 5.41) is 0. The van der Waals surface area contributed by atoms with Gasteiger partial charge < -0.3 is 43.0 Å². The van der Waals surface area contributed by atoms with Crippen molar-refractivity contribution in [2.24, 2.45) is 0 Å². The molecular formula is Cl2CuMgO8S2Zn. The molecule has 0 aliphatic heterocycles. The smallest absolute Gasteiger partial charge is 1.00 e. The van der Waals surface area contributed by atoms with E-state index in [2.05, 4.69) is 0 Å². The van der Waals surface area contributed by atoms with Gasteiger partial charge in [0, 0.05) is 20.8 Å². The first-order valence-corrected chi connectivity index (χ1v) is 4.00. The molecular weight excluding hydrogens is 416 g/mol. The largest absolute Gasteiger partial charge is 2.00 e. The molecule has 0 saturated carbocycles. The maximum Gasteiger partial charge on any atom is 2.00 e. The second-order valence-corrected chi connectivity index (χ2v) is 2.45. The fourth-order valence-corrected chi connectivity index (χ4v) is 0. The maximum atomic E-state index is 8.52. The molecule has 0 aromatic carbocycles. The summed E-state index contributed by atoms with van der Waals surface area (Å²) in [4.78, 5) is 0. The molecule has 0 aromatic heterocycles. The third kappa shape index (κ3) is 661. The quantitative estimate of drug-likeness (QED) is 0.214. The molecule has 15 heavy (non-hydrogen) atoms. The van der Waals surface area contributed by atoms with Gasteiger partial charge in [0.15, 0.2) is 0 Å². The van der Waals surface area contributed by atoms with Crippen molar-refractivity contribution < 1.29 is 96.4 Å². The molecule has 0 aromatic rings. The van der Waals surface area contributed by atoms with Crippen molar-refractivity contribution in [3.05, 3.63) is 0 Å². The van der Waals surface area contributed by atoms with Crippen molar-refractivity contribution in [3.8, 4) is 0 Å². The predicted molar refractivity (Wildman–Crippen MR) is 26.7 cm³/mol. The predicted octanol–water partition coefficient (Wildman–Crippen LogP) is -9.05. The summed E-state index contributed by atoms with van der Waals surface area (Å²) in [7, 11) is -10.3. The molecule has 0 heterocycles. The van der Waals surface area contributed by atoms with Gasteiger partial charge in [-0.15, -0.1) is 0 Å². The van der Waals surface area contributed by atoms with E-state index in [4.69, 9.17) is 35.0 Å². The molecule has 0 atom stereocenters. The first-order chi connectivity index (χ1) is 4.00. The molecule has 0 aliphatic carbocycles. The zero-order chi connectivity index (χ0) is 9.00. The summed E-state index contributed by atoms with van der Waals surface area (Å²) in [5.41, 5.74) is 0. The van der Waals surface area contributed by atoms with Gasteiger partial charge >= 0.3 is 59.6 Å².